The molecule has 0 aromatic heterocycles. The van der Waals surface area contributed by atoms with Gasteiger partial charge in [0.25, 0.3) is 0 Å². The van der Waals surface area contributed by atoms with Crippen LogP contribution in [-0.2, 0) is 4.79 Å². The molecule has 0 atom stereocenters. The van der Waals surface area contributed by atoms with E-state index in [9.17, 15) is 4.79 Å². The Kier molecular flexibility index (Phi) is 2.95. The van der Waals surface area contributed by atoms with Gasteiger partial charge in [0.05, 0.1) is 0 Å². The molecule has 4 heteroatoms. The number of rotatable bonds is 4. The van der Waals surface area contributed by atoms with E-state index in [1.165, 1.54) is 12.8 Å². The van der Waals surface area contributed by atoms with Crippen LogP contribution in [0.1, 0.15) is 24.3 Å². The van der Waals surface area contributed by atoms with Gasteiger partial charge in [0.2, 0.25) is 0 Å². The number of hydrogen-bond acceptors (Lipinski definition) is 2. The first-order valence-electron chi connectivity index (χ1n) is 4.81. The Morgan fingerprint density at radius 1 is 1.53 bits per heavy atom. The third-order valence-corrected chi connectivity index (χ3v) is 2.83. The van der Waals surface area contributed by atoms with Crippen molar-refractivity contribution in [3.05, 3.63) is 28.2 Å². The lowest BCUT2D eigenvalue weighted by molar-refractivity contribution is -0.139. The lowest BCUT2D eigenvalue weighted by atomic mass is 10.1. The lowest BCUT2D eigenvalue weighted by Crippen LogP contribution is -2.10. The maximum atomic E-state index is 10.4. The molecule has 80 valence electrons. The van der Waals surface area contributed by atoms with Crippen molar-refractivity contribution in [3.8, 4) is 5.75 Å². The van der Waals surface area contributed by atoms with Crippen molar-refractivity contribution in [1.29, 1.82) is 0 Å². The highest BCUT2D eigenvalue weighted by molar-refractivity contribution is 9.10. The van der Waals surface area contributed by atoms with Crippen molar-refractivity contribution >= 4 is 21.9 Å². The molecule has 0 bridgehead atoms. The summed E-state index contributed by atoms with van der Waals surface area (Å²) in [5.41, 5.74) is 1.12. The quantitative estimate of drug-likeness (QED) is 0.915. The number of carbonyl (C=O) groups is 1. The normalized spacial score (nSPS) is 15.0. The van der Waals surface area contributed by atoms with Crippen LogP contribution in [0.3, 0.4) is 0 Å². The summed E-state index contributed by atoms with van der Waals surface area (Å²) in [5.74, 6) is 0.300. The van der Waals surface area contributed by atoms with E-state index in [0.717, 1.165) is 10.0 Å². The highest BCUT2D eigenvalue weighted by Crippen LogP contribution is 2.45. The molecule has 0 amide bonds. The van der Waals surface area contributed by atoms with Crippen molar-refractivity contribution in [2.24, 2.45) is 0 Å². The first-order chi connectivity index (χ1) is 7.16. The van der Waals surface area contributed by atoms with E-state index >= 15 is 0 Å². The van der Waals surface area contributed by atoms with E-state index in [-0.39, 0.29) is 6.61 Å². The monoisotopic (exact) mass is 270 g/mol. The summed E-state index contributed by atoms with van der Waals surface area (Å²) < 4.78 is 6.24. The molecule has 1 aromatic rings. The Bertz CT molecular complexity index is 385. The highest BCUT2D eigenvalue weighted by atomic mass is 79.9. The Morgan fingerprint density at radius 3 is 2.87 bits per heavy atom. The van der Waals surface area contributed by atoms with Gasteiger partial charge in [0.1, 0.15) is 5.75 Å². The van der Waals surface area contributed by atoms with E-state index in [2.05, 4.69) is 15.9 Å². The average molecular weight is 271 g/mol. The van der Waals surface area contributed by atoms with Crippen LogP contribution in [0.15, 0.2) is 22.7 Å². The second-order valence-corrected chi connectivity index (χ2v) is 4.55. The van der Waals surface area contributed by atoms with Crippen molar-refractivity contribution in [1.82, 2.24) is 0 Å². The first kappa shape index (κ1) is 10.5. The van der Waals surface area contributed by atoms with Crippen LogP contribution in [0.25, 0.3) is 0 Å². The summed E-state index contributed by atoms with van der Waals surface area (Å²) in [4.78, 5) is 10.4. The summed E-state index contributed by atoms with van der Waals surface area (Å²) in [6.07, 6.45) is 2.33. The molecule has 0 heterocycles. The maximum Gasteiger partial charge on any atom is 0.341 e. The minimum Gasteiger partial charge on any atom is -0.482 e. The molecule has 2 rings (SSSR count). The average Bonchev–Trinajstić information content (AvgIpc) is 2.98. The number of carboxylic acids is 1. The Labute approximate surface area is 96.2 Å². The van der Waals surface area contributed by atoms with Gasteiger partial charge in [-0.25, -0.2) is 4.79 Å². The van der Waals surface area contributed by atoms with Gasteiger partial charge in [-0.3, -0.25) is 0 Å². The number of benzene rings is 1. The molecular weight excluding hydrogens is 260 g/mol. The molecule has 15 heavy (non-hydrogen) atoms. The first-order valence-corrected chi connectivity index (χ1v) is 5.60. The van der Waals surface area contributed by atoms with E-state index in [0.29, 0.717) is 11.7 Å². The molecule has 1 N–H and O–H groups in total. The van der Waals surface area contributed by atoms with E-state index in [1.807, 2.05) is 18.2 Å². The lowest BCUT2D eigenvalue weighted by Gasteiger charge is -2.09. The van der Waals surface area contributed by atoms with Crippen molar-refractivity contribution in [2.75, 3.05) is 6.61 Å². The zero-order chi connectivity index (χ0) is 10.8. The van der Waals surface area contributed by atoms with E-state index in [1.54, 1.807) is 0 Å². The Balaban J connectivity index is 2.17. The Morgan fingerprint density at radius 2 is 2.27 bits per heavy atom. The molecule has 0 radical (unpaired) electrons. The predicted molar refractivity (Wildman–Crippen MR) is 59.2 cm³/mol. The van der Waals surface area contributed by atoms with Crippen LogP contribution in [0, 0.1) is 0 Å². The van der Waals surface area contributed by atoms with Gasteiger partial charge < -0.3 is 9.84 Å². The van der Waals surface area contributed by atoms with Gasteiger partial charge >= 0.3 is 5.97 Å². The molecule has 0 unspecified atom stereocenters. The fraction of sp³-hybridized carbons (Fsp3) is 0.364. The van der Waals surface area contributed by atoms with Crippen molar-refractivity contribution in [3.63, 3.8) is 0 Å². The number of carboxylic acid groups (broad SMARTS) is 1. The van der Waals surface area contributed by atoms with Gasteiger partial charge in [-0.15, -0.1) is 0 Å². The number of hydrogen-bond donors (Lipinski definition) is 1. The number of halogens is 1. The van der Waals surface area contributed by atoms with E-state index in [4.69, 9.17) is 9.84 Å². The molecule has 0 aliphatic heterocycles. The van der Waals surface area contributed by atoms with Crippen LogP contribution in [0.4, 0.5) is 0 Å². The van der Waals surface area contributed by atoms with Crippen LogP contribution >= 0.6 is 15.9 Å². The van der Waals surface area contributed by atoms with Crippen LogP contribution in [0.5, 0.6) is 5.75 Å². The third kappa shape index (κ3) is 2.72. The molecule has 1 aliphatic carbocycles. The van der Waals surface area contributed by atoms with Gasteiger partial charge in [0, 0.05) is 4.47 Å². The molecule has 3 nitrogen and oxygen atoms in total. The van der Waals surface area contributed by atoms with Crippen LogP contribution < -0.4 is 4.74 Å². The van der Waals surface area contributed by atoms with Gasteiger partial charge in [-0.05, 0) is 42.5 Å². The molecule has 1 aromatic carbocycles. The molecule has 0 spiro atoms. The topological polar surface area (TPSA) is 46.5 Å². The Hall–Kier alpha value is -1.03. The summed E-state index contributed by atoms with van der Waals surface area (Å²) >= 11 is 3.40. The largest absolute Gasteiger partial charge is 0.482 e. The maximum absolute atomic E-state index is 10.4. The summed E-state index contributed by atoms with van der Waals surface area (Å²) in [6, 6.07) is 5.69. The minimum atomic E-state index is -0.945. The molecule has 1 saturated carbocycles. The smallest absolute Gasteiger partial charge is 0.341 e. The number of aliphatic carboxylic acids is 1. The zero-order valence-corrected chi connectivity index (χ0v) is 9.66. The summed E-state index contributed by atoms with van der Waals surface area (Å²) in [6.45, 7) is -0.276. The summed E-state index contributed by atoms with van der Waals surface area (Å²) in [5, 5.41) is 8.54. The second-order valence-electron chi connectivity index (χ2n) is 3.64. The molecule has 1 fully saturated rings. The van der Waals surface area contributed by atoms with Crippen molar-refractivity contribution in [2.45, 2.75) is 18.8 Å². The van der Waals surface area contributed by atoms with Gasteiger partial charge in [-0.1, -0.05) is 15.9 Å². The van der Waals surface area contributed by atoms with Crippen molar-refractivity contribution < 1.29 is 14.6 Å². The molecule has 1 aliphatic rings. The highest BCUT2D eigenvalue weighted by Gasteiger charge is 2.27. The third-order valence-electron chi connectivity index (χ3n) is 2.34. The molecular formula is C11H11BrO3. The fourth-order valence-electron chi connectivity index (χ4n) is 1.50. The van der Waals surface area contributed by atoms with Gasteiger partial charge in [-0.2, -0.15) is 0 Å². The second kappa shape index (κ2) is 4.23. The predicted octanol–water partition coefficient (Wildman–Crippen LogP) is 2.79. The molecule has 0 saturated heterocycles. The van der Waals surface area contributed by atoms with Crippen LogP contribution in [0.2, 0.25) is 0 Å². The summed E-state index contributed by atoms with van der Waals surface area (Å²) in [7, 11) is 0. The van der Waals surface area contributed by atoms with Gasteiger partial charge in [0.15, 0.2) is 6.61 Å². The SMILES string of the molecule is O=C(O)COc1ccc(Br)cc1C1CC1. The van der Waals surface area contributed by atoms with E-state index < -0.39 is 5.97 Å². The van der Waals surface area contributed by atoms with Crippen LogP contribution in [-0.4, -0.2) is 17.7 Å². The number of ether oxygens (including phenoxy) is 1. The zero-order valence-electron chi connectivity index (χ0n) is 8.07. The standard InChI is InChI=1S/C11H11BrO3/c12-8-3-4-10(15-6-11(13)14)9(5-8)7-1-2-7/h3-5,7H,1-2,6H2,(H,13,14). The minimum absolute atomic E-state index is 0.276. The fourth-order valence-corrected chi connectivity index (χ4v) is 1.88.